The number of ether oxygens (including phenoxy) is 2. The van der Waals surface area contributed by atoms with Crippen molar-refractivity contribution in [2.45, 2.75) is 63.8 Å². The first-order valence-electron chi connectivity index (χ1n) is 5.67. The second-order valence-electron chi connectivity index (χ2n) is 4.24. The third-order valence-corrected chi connectivity index (χ3v) is 3.03. The number of hydrogen-bond donors (Lipinski definition) is 0. The molecule has 1 aliphatic heterocycles. The maximum absolute atomic E-state index is 5.77. The van der Waals surface area contributed by atoms with E-state index in [1.165, 1.54) is 25.7 Å². The minimum Gasteiger partial charge on any atom is -0.378 e. The SMILES string of the molecule is CCCCCCOC1CC2OC2C1. The average molecular weight is 184 g/mol. The Labute approximate surface area is 80.6 Å². The van der Waals surface area contributed by atoms with Crippen molar-refractivity contribution >= 4 is 0 Å². The maximum Gasteiger partial charge on any atom is 0.0867 e. The van der Waals surface area contributed by atoms with Gasteiger partial charge >= 0.3 is 0 Å². The molecule has 0 radical (unpaired) electrons. The van der Waals surface area contributed by atoms with Crippen LogP contribution in [0.1, 0.15) is 45.4 Å². The van der Waals surface area contributed by atoms with Gasteiger partial charge in [0.2, 0.25) is 0 Å². The second-order valence-corrected chi connectivity index (χ2v) is 4.24. The van der Waals surface area contributed by atoms with Gasteiger partial charge in [-0.3, -0.25) is 0 Å². The molecule has 2 rings (SSSR count). The summed E-state index contributed by atoms with van der Waals surface area (Å²) >= 11 is 0. The lowest BCUT2D eigenvalue weighted by Gasteiger charge is -2.12. The van der Waals surface area contributed by atoms with Crippen LogP contribution in [0.15, 0.2) is 0 Å². The van der Waals surface area contributed by atoms with E-state index in [4.69, 9.17) is 9.47 Å². The van der Waals surface area contributed by atoms with Gasteiger partial charge in [0.15, 0.2) is 0 Å². The summed E-state index contributed by atoms with van der Waals surface area (Å²) in [6, 6.07) is 0. The topological polar surface area (TPSA) is 21.8 Å². The van der Waals surface area contributed by atoms with E-state index < -0.39 is 0 Å². The van der Waals surface area contributed by atoms with Crippen LogP contribution < -0.4 is 0 Å². The Bertz CT molecular complexity index is 148. The molecule has 2 fully saturated rings. The number of hydrogen-bond acceptors (Lipinski definition) is 2. The summed E-state index contributed by atoms with van der Waals surface area (Å²) < 4.78 is 11.1. The van der Waals surface area contributed by atoms with Crippen LogP contribution >= 0.6 is 0 Å². The molecular formula is C11H20O2. The normalized spacial score (nSPS) is 36.2. The minimum absolute atomic E-state index is 0.519. The smallest absolute Gasteiger partial charge is 0.0867 e. The molecule has 76 valence electrons. The quantitative estimate of drug-likeness (QED) is 0.467. The summed E-state index contributed by atoms with van der Waals surface area (Å²) in [5.41, 5.74) is 0. The summed E-state index contributed by atoms with van der Waals surface area (Å²) in [6.45, 7) is 3.20. The molecule has 0 aromatic rings. The van der Waals surface area contributed by atoms with Gasteiger partial charge in [0.1, 0.15) is 0 Å². The van der Waals surface area contributed by atoms with Crippen LogP contribution in [0.25, 0.3) is 0 Å². The van der Waals surface area contributed by atoms with E-state index in [1.807, 2.05) is 0 Å². The molecule has 1 heterocycles. The largest absolute Gasteiger partial charge is 0.378 e. The van der Waals surface area contributed by atoms with Gasteiger partial charge in [0, 0.05) is 19.4 Å². The summed E-state index contributed by atoms with van der Waals surface area (Å²) in [5, 5.41) is 0. The Morgan fingerprint density at radius 3 is 2.62 bits per heavy atom. The molecule has 1 saturated carbocycles. The minimum atomic E-state index is 0.519. The Hall–Kier alpha value is -0.0800. The van der Waals surface area contributed by atoms with E-state index in [2.05, 4.69) is 6.92 Å². The van der Waals surface area contributed by atoms with E-state index in [0.29, 0.717) is 18.3 Å². The van der Waals surface area contributed by atoms with Crippen molar-refractivity contribution in [1.29, 1.82) is 0 Å². The van der Waals surface area contributed by atoms with E-state index in [1.54, 1.807) is 0 Å². The summed E-state index contributed by atoms with van der Waals surface area (Å²) in [6.07, 6.45) is 9.18. The van der Waals surface area contributed by atoms with E-state index >= 15 is 0 Å². The predicted molar refractivity (Wildman–Crippen MR) is 51.8 cm³/mol. The van der Waals surface area contributed by atoms with E-state index in [0.717, 1.165) is 19.4 Å². The van der Waals surface area contributed by atoms with Crippen molar-refractivity contribution < 1.29 is 9.47 Å². The van der Waals surface area contributed by atoms with Crippen LogP contribution in [-0.2, 0) is 9.47 Å². The van der Waals surface area contributed by atoms with Crippen LogP contribution in [-0.4, -0.2) is 24.9 Å². The molecule has 2 aliphatic rings. The predicted octanol–water partition coefficient (Wildman–Crippen LogP) is 2.51. The summed E-state index contributed by atoms with van der Waals surface area (Å²) in [4.78, 5) is 0. The third-order valence-electron chi connectivity index (χ3n) is 3.03. The monoisotopic (exact) mass is 184 g/mol. The number of fused-ring (bicyclic) bond motifs is 1. The molecule has 13 heavy (non-hydrogen) atoms. The number of rotatable bonds is 6. The van der Waals surface area contributed by atoms with Gasteiger partial charge in [0.25, 0.3) is 0 Å². The third kappa shape index (κ3) is 2.68. The molecule has 2 nitrogen and oxygen atoms in total. The van der Waals surface area contributed by atoms with Crippen molar-refractivity contribution in [1.82, 2.24) is 0 Å². The molecule has 2 unspecified atom stereocenters. The van der Waals surface area contributed by atoms with Gasteiger partial charge in [-0.15, -0.1) is 0 Å². The zero-order valence-corrected chi connectivity index (χ0v) is 8.50. The fourth-order valence-corrected chi connectivity index (χ4v) is 2.12. The first-order valence-corrected chi connectivity index (χ1v) is 5.67. The molecule has 1 saturated heterocycles. The van der Waals surface area contributed by atoms with Crippen LogP contribution in [0.4, 0.5) is 0 Å². The molecule has 0 bridgehead atoms. The van der Waals surface area contributed by atoms with E-state index in [-0.39, 0.29) is 0 Å². The number of unbranched alkanes of at least 4 members (excludes halogenated alkanes) is 3. The van der Waals surface area contributed by atoms with Crippen LogP contribution in [0, 0.1) is 0 Å². The zero-order valence-electron chi connectivity index (χ0n) is 8.50. The van der Waals surface area contributed by atoms with Crippen molar-refractivity contribution in [3.05, 3.63) is 0 Å². The van der Waals surface area contributed by atoms with E-state index in [9.17, 15) is 0 Å². The molecule has 2 atom stereocenters. The Morgan fingerprint density at radius 2 is 1.92 bits per heavy atom. The van der Waals surface area contributed by atoms with Gasteiger partial charge in [-0.05, 0) is 6.42 Å². The molecular weight excluding hydrogens is 164 g/mol. The lowest BCUT2D eigenvalue weighted by Crippen LogP contribution is -2.12. The van der Waals surface area contributed by atoms with Crippen LogP contribution in [0.3, 0.4) is 0 Å². The zero-order chi connectivity index (χ0) is 9.10. The molecule has 0 amide bonds. The van der Waals surface area contributed by atoms with Crippen LogP contribution in [0.2, 0.25) is 0 Å². The Morgan fingerprint density at radius 1 is 1.15 bits per heavy atom. The van der Waals surface area contributed by atoms with Gasteiger partial charge < -0.3 is 9.47 Å². The summed E-state index contributed by atoms with van der Waals surface area (Å²) in [5.74, 6) is 0. The van der Waals surface area contributed by atoms with Gasteiger partial charge in [-0.1, -0.05) is 26.2 Å². The fourth-order valence-electron chi connectivity index (χ4n) is 2.12. The van der Waals surface area contributed by atoms with Crippen molar-refractivity contribution in [2.75, 3.05) is 6.61 Å². The fraction of sp³-hybridized carbons (Fsp3) is 1.00. The molecule has 0 aromatic heterocycles. The highest BCUT2D eigenvalue weighted by Crippen LogP contribution is 2.39. The molecule has 2 heteroatoms. The van der Waals surface area contributed by atoms with Gasteiger partial charge in [0.05, 0.1) is 18.3 Å². The highest BCUT2D eigenvalue weighted by molar-refractivity contribution is 4.96. The Kier molecular flexibility index (Phi) is 3.23. The standard InChI is InChI=1S/C11H20O2/c1-2-3-4-5-6-12-9-7-10-11(8-9)13-10/h9-11H,2-8H2,1H3. The number of epoxide rings is 1. The van der Waals surface area contributed by atoms with Gasteiger partial charge in [-0.25, -0.2) is 0 Å². The maximum atomic E-state index is 5.77. The highest BCUT2D eigenvalue weighted by Gasteiger charge is 2.48. The molecule has 0 N–H and O–H groups in total. The highest BCUT2D eigenvalue weighted by atomic mass is 16.6. The second kappa shape index (κ2) is 4.43. The van der Waals surface area contributed by atoms with Crippen molar-refractivity contribution in [3.63, 3.8) is 0 Å². The van der Waals surface area contributed by atoms with Crippen molar-refractivity contribution in [2.24, 2.45) is 0 Å². The molecule has 0 spiro atoms. The first kappa shape index (κ1) is 9.47. The lowest BCUT2D eigenvalue weighted by atomic mass is 10.2. The summed E-state index contributed by atoms with van der Waals surface area (Å²) in [7, 11) is 0. The first-order chi connectivity index (χ1) is 6.40. The molecule has 1 aliphatic carbocycles. The molecule has 0 aromatic carbocycles. The van der Waals surface area contributed by atoms with Crippen molar-refractivity contribution in [3.8, 4) is 0 Å². The van der Waals surface area contributed by atoms with Crippen LogP contribution in [0.5, 0.6) is 0 Å². The Balaban J connectivity index is 1.44. The van der Waals surface area contributed by atoms with Gasteiger partial charge in [-0.2, -0.15) is 0 Å². The lowest BCUT2D eigenvalue weighted by molar-refractivity contribution is 0.0313. The average Bonchev–Trinajstić information content (AvgIpc) is 2.74.